The largest absolute Gasteiger partial charge is 0.389 e. The van der Waals surface area contributed by atoms with Gasteiger partial charge in [-0.1, -0.05) is 87.9 Å². The second-order valence-electron chi connectivity index (χ2n) is 13.0. The van der Waals surface area contributed by atoms with Gasteiger partial charge in [-0.25, -0.2) is 0 Å². The molecule has 5 nitrogen and oxygen atoms in total. The number of carbonyl (C=O) groups is 2. The maximum atomic E-state index is 12.6. The molecule has 3 rings (SSSR count). The molecule has 5 heteroatoms. The van der Waals surface area contributed by atoms with Gasteiger partial charge in [0.15, 0.2) is 0 Å². The topological polar surface area (TPSA) is 75.6 Å². The Morgan fingerprint density at radius 1 is 1.12 bits per heavy atom. The zero-order chi connectivity index (χ0) is 28.8. The quantitative estimate of drug-likeness (QED) is 0.155. The number of rotatable bonds is 17. The molecule has 0 bridgehead atoms. The number of ketones is 1. The molecule has 1 aliphatic heterocycles. The van der Waals surface area contributed by atoms with Gasteiger partial charge in [0.05, 0.1) is 11.7 Å². The summed E-state index contributed by atoms with van der Waals surface area (Å²) in [5.41, 5.74) is 1.23. The number of aliphatic hydroxyl groups excluding tert-OH is 1. The van der Waals surface area contributed by atoms with Gasteiger partial charge in [-0.2, -0.15) is 0 Å². The molecule has 1 heterocycles. The Morgan fingerprint density at radius 2 is 1.90 bits per heavy atom. The molecular formula is C35H55NO4. The summed E-state index contributed by atoms with van der Waals surface area (Å²) in [6.45, 7) is 7.95. The summed E-state index contributed by atoms with van der Waals surface area (Å²) in [5, 5.41) is 13.4. The van der Waals surface area contributed by atoms with Crippen molar-refractivity contribution in [2.24, 2.45) is 11.8 Å². The van der Waals surface area contributed by atoms with E-state index in [1.807, 2.05) is 6.08 Å². The highest BCUT2D eigenvalue weighted by Crippen LogP contribution is 2.43. The Labute approximate surface area is 243 Å². The zero-order valence-electron chi connectivity index (χ0n) is 25.5. The van der Waals surface area contributed by atoms with Crippen molar-refractivity contribution in [3.05, 3.63) is 48.0 Å². The molecule has 0 unspecified atom stereocenters. The molecule has 2 N–H and O–H groups in total. The molecule has 0 aromatic heterocycles. The van der Waals surface area contributed by atoms with E-state index in [-0.39, 0.29) is 34.9 Å². The van der Waals surface area contributed by atoms with Crippen molar-refractivity contribution in [1.29, 1.82) is 0 Å². The first-order valence-corrected chi connectivity index (χ1v) is 16.1. The average Bonchev–Trinajstić information content (AvgIpc) is 3.28. The van der Waals surface area contributed by atoms with Crippen LogP contribution >= 0.6 is 0 Å². The molecule has 1 aromatic rings. The third kappa shape index (κ3) is 10.4. The van der Waals surface area contributed by atoms with E-state index in [9.17, 15) is 14.7 Å². The summed E-state index contributed by atoms with van der Waals surface area (Å²) in [7, 11) is 0. The molecule has 1 saturated carbocycles. The van der Waals surface area contributed by atoms with Crippen LogP contribution in [0, 0.1) is 11.8 Å². The van der Waals surface area contributed by atoms with E-state index in [0.717, 1.165) is 90.1 Å². The van der Waals surface area contributed by atoms with Gasteiger partial charge in [-0.05, 0) is 70.3 Å². The molecule has 1 saturated heterocycles. The van der Waals surface area contributed by atoms with E-state index < -0.39 is 0 Å². The Morgan fingerprint density at radius 3 is 2.65 bits per heavy atom. The van der Waals surface area contributed by atoms with Crippen LogP contribution in [0.5, 0.6) is 0 Å². The molecular weight excluding hydrogens is 498 g/mol. The molecule has 2 fully saturated rings. The number of benzene rings is 1. The van der Waals surface area contributed by atoms with Crippen LogP contribution < -0.4 is 5.32 Å². The number of hydrogen-bond donors (Lipinski definition) is 2. The Kier molecular flexibility index (Phi) is 13.4. The van der Waals surface area contributed by atoms with Gasteiger partial charge in [-0.3, -0.25) is 9.59 Å². The van der Waals surface area contributed by atoms with Crippen LogP contribution in [0.25, 0.3) is 0 Å². The van der Waals surface area contributed by atoms with Crippen LogP contribution in [0.15, 0.2) is 42.5 Å². The lowest BCUT2D eigenvalue weighted by atomic mass is 9.67. The van der Waals surface area contributed by atoms with E-state index in [1.165, 1.54) is 5.56 Å². The highest BCUT2D eigenvalue weighted by atomic mass is 16.5. The molecule has 1 aromatic carbocycles. The predicted octanol–water partition coefficient (Wildman–Crippen LogP) is 7.45. The minimum absolute atomic E-state index is 0.0359. The van der Waals surface area contributed by atoms with E-state index in [4.69, 9.17) is 4.74 Å². The standard InChI is InChI=1S/C35H55NO4/c1-4-5-9-16-30(37)21-19-28-20-22-32(38)31(28)17-12-6-7-13-18-33(39)36-25-23-35(29-14-10-8-11-15-29)24-26-40-34(2,3)27-35/h8,10-11,14-15,19,21,28,30-31,37H,4-7,9,12-13,16-18,20,22-27H2,1-3H3,(H,36,39)/t28-,30+,31-,35-/m1/s1. The molecule has 40 heavy (non-hydrogen) atoms. The Balaban J connectivity index is 1.32. The minimum atomic E-state index is -0.388. The van der Waals surface area contributed by atoms with Crippen molar-refractivity contribution in [3.8, 4) is 0 Å². The zero-order valence-corrected chi connectivity index (χ0v) is 25.5. The number of nitrogens with one attached hydrogen (secondary N) is 1. The molecule has 1 amide bonds. The number of allylic oxidation sites excluding steroid dienone is 1. The maximum absolute atomic E-state index is 12.6. The Hall–Kier alpha value is -1.98. The number of Topliss-reactive ketones (excluding diaryl/α,β-unsaturated/α-hetero) is 1. The molecule has 0 radical (unpaired) electrons. The fourth-order valence-electron chi connectivity index (χ4n) is 6.92. The van der Waals surface area contributed by atoms with Crippen molar-refractivity contribution in [2.75, 3.05) is 13.2 Å². The minimum Gasteiger partial charge on any atom is -0.389 e. The van der Waals surface area contributed by atoms with Crippen molar-refractivity contribution in [2.45, 2.75) is 134 Å². The predicted molar refractivity (Wildman–Crippen MR) is 163 cm³/mol. The monoisotopic (exact) mass is 553 g/mol. The van der Waals surface area contributed by atoms with Gasteiger partial charge >= 0.3 is 0 Å². The fourth-order valence-corrected chi connectivity index (χ4v) is 6.92. The van der Waals surface area contributed by atoms with E-state index in [1.54, 1.807) is 0 Å². The Bertz CT molecular complexity index is 927. The van der Waals surface area contributed by atoms with Crippen LogP contribution in [0.1, 0.15) is 123 Å². The third-order valence-corrected chi connectivity index (χ3v) is 9.16. The van der Waals surface area contributed by atoms with E-state index in [2.05, 4.69) is 62.5 Å². The molecule has 0 spiro atoms. The lowest BCUT2D eigenvalue weighted by Crippen LogP contribution is -2.45. The number of amides is 1. The van der Waals surface area contributed by atoms with Crippen molar-refractivity contribution in [1.82, 2.24) is 5.32 Å². The second-order valence-corrected chi connectivity index (χ2v) is 13.0. The number of aliphatic hydroxyl groups is 1. The van der Waals surface area contributed by atoms with Gasteiger partial charge in [0.1, 0.15) is 5.78 Å². The highest BCUT2D eigenvalue weighted by molar-refractivity contribution is 5.83. The summed E-state index contributed by atoms with van der Waals surface area (Å²) < 4.78 is 6.02. The van der Waals surface area contributed by atoms with E-state index >= 15 is 0 Å². The van der Waals surface area contributed by atoms with Crippen molar-refractivity contribution < 1.29 is 19.4 Å². The first-order valence-electron chi connectivity index (χ1n) is 16.1. The van der Waals surface area contributed by atoms with Crippen molar-refractivity contribution >= 4 is 11.7 Å². The highest BCUT2D eigenvalue weighted by Gasteiger charge is 2.41. The molecule has 1 aliphatic carbocycles. The number of ether oxygens (including phenoxy) is 1. The summed E-state index contributed by atoms with van der Waals surface area (Å²) in [6.07, 6.45) is 17.8. The van der Waals surface area contributed by atoms with Crippen LogP contribution in [-0.2, 0) is 19.7 Å². The number of hydrogen-bond acceptors (Lipinski definition) is 4. The number of carbonyl (C=O) groups excluding carboxylic acids is 2. The van der Waals surface area contributed by atoms with Gasteiger partial charge in [0, 0.05) is 37.3 Å². The smallest absolute Gasteiger partial charge is 0.219 e. The van der Waals surface area contributed by atoms with Crippen LogP contribution in [-0.4, -0.2) is 41.7 Å². The first-order chi connectivity index (χ1) is 19.2. The first kappa shape index (κ1) is 32.5. The fraction of sp³-hybridized carbons (Fsp3) is 0.714. The van der Waals surface area contributed by atoms with Gasteiger partial charge in [-0.15, -0.1) is 0 Å². The SMILES string of the molecule is CCCCC[C@H](O)C=C[C@@H]1CCC(=O)[C@@H]1CCCCCCC(=O)NCC[C@@]1(c2ccccc2)CCOC(C)(C)C1. The lowest BCUT2D eigenvalue weighted by molar-refractivity contribution is -0.122. The van der Waals surface area contributed by atoms with E-state index in [0.29, 0.717) is 25.2 Å². The molecule has 4 atom stereocenters. The third-order valence-electron chi connectivity index (χ3n) is 9.16. The summed E-state index contributed by atoms with van der Waals surface area (Å²) in [5.74, 6) is 0.910. The maximum Gasteiger partial charge on any atom is 0.219 e. The van der Waals surface area contributed by atoms with Gasteiger partial charge < -0.3 is 15.2 Å². The normalized spacial score (nSPS) is 25.4. The lowest BCUT2D eigenvalue weighted by Gasteiger charge is -2.45. The summed E-state index contributed by atoms with van der Waals surface area (Å²) >= 11 is 0. The van der Waals surface area contributed by atoms with Crippen molar-refractivity contribution in [3.63, 3.8) is 0 Å². The van der Waals surface area contributed by atoms with Gasteiger partial charge in [0.25, 0.3) is 0 Å². The number of unbranched alkanes of at least 4 members (excludes halogenated alkanes) is 5. The second kappa shape index (κ2) is 16.5. The molecule has 224 valence electrons. The average molecular weight is 554 g/mol. The summed E-state index contributed by atoms with van der Waals surface area (Å²) in [4.78, 5) is 25.0. The van der Waals surface area contributed by atoms with Crippen LogP contribution in [0.3, 0.4) is 0 Å². The van der Waals surface area contributed by atoms with Crippen LogP contribution in [0.4, 0.5) is 0 Å². The van der Waals surface area contributed by atoms with Crippen LogP contribution in [0.2, 0.25) is 0 Å². The van der Waals surface area contributed by atoms with Gasteiger partial charge in [0.2, 0.25) is 5.91 Å². The summed E-state index contributed by atoms with van der Waals surface area (Å²) in [6, 6.07) is 10.7. The molecule has 2 aliphatic rings.